The van der Waals surface area contributed by atoms with Crippen molar-refractivity contribution in [3.63, 3.8) is 0 Å². The van der Waals surface area contributed by atoms with Crippen LogP contribution in [0.25, 0.3) is 0 Å². The van der Waals surface area contributed by atoms with Crippen LogP contribution in [-0.4, -0.2) is 43.0 Å². The molecule has 1 aliphatic rings. The summed E-state index contributed by atoms with van der Waals surface area (Å²) in [7, 11) is 0. The second-order valence-electron chi connectivity index (χ2n) is 5.54. The van der Waals surface area contributed by atoms with E-state index in [2.05, 4.69) is 46.2 Å². The largest absolute Gasteiger partial charge is 0.353 e. The Morgan fingerprint density at radius 1 is 1.39 bits per heavy atom. The van der Waals surface area contributed by atoms with Crippen molar-refractivity contribution in [3.05, 3.63) is 22.4 Å². The summed E-state index contributed by atoms with van der Waals surface area (Å²) in [6, 6.07) is 2.44. The van der Waals surface area contributed by atoms with Crippen molar-refractivity contribution in [1.82, 2.24) is 15.5 Å². The van der Waals surface area contributed by atoms with Gasteiger partial charge in [-0.3, -0.25) is 9.69 Å². The Labute approximate surface area is 156 Å². The molecule has 1 amide bonds. The van der Waals surface area contributed by atoms with E-state index in [1.165, 1.54) is 12.0 Å². The lowest BCUT2D eigenvalue weighted by atomic mass is 10.0. The van der Waals surface area contributed by atoms with E-state index in [9.17, 15) is 4.79 Å². The van der Waals surface area contributed by atoms with Gasteiger partial charge >= 0.3 is 0 Å². The van der Waals surface area contributed by atoms with E-state index in [0.29, 0.717) is 6.54 Å². The normalized spacial score (nSPS) is 18.7. The standard InChI is InChI=1S/C16H27N3OS.2ClH/c1-3-19(4-2)15(13-8-10-21-12-13)11-18-16(20)14-7-5-6-9-17-14;;/h8,10,12,14-15,17H,3-7,9,11H2,1-2H3,(H,18,20);2*1H. The molecule has 0 radical (unpaired) electrons. The zero-order chi connectivity index (χ0) is 15.1. The molecule has 0 saturated carbocycles. The summed E-state index contributed by atoms with van der Waals surface area (Å²) in [4.78, 5) is 14.7. The molecule has 1 aliphatic heterocycles. The fraction of sp³-hybridized carbons (Fsp3) is 0.688. The summed E-state index contributed by atoms with van der Waals surface area (Å²) in [5, 5.41) is 10.8. The van der Waals surface area contributed by atoms with Crippen LogP contribution in [0.2, 0.25) is 0 Å². The number of thiophene rings is 1. The van der Waals surface area contributed by atoms with Crippen molar-refractivity contribution in [2.24, 2.45) is 0 Å². The van der Waals surface area contributed by atoms with E-state index in [1.807, 2.05) is 0 Å². The maximum absolute atomic E-state index is 12.3. The van der Waals surface area contributed by atoms with Gasteiger partial charge in [0.1, 0.15) is 0 Å². The zero-order valence-electron chi connectivity index (χ0n) is 13.9. The highest BCUT2D eigenvalue weighted by Gasteiger charge is 2.23. The zero-order valence-corrected chi connectivity index (χ0v) is 16.4. The lowest BCUT2D eigenvalue weighted by Crippen LogP contribution is -2.48. The van der Waals surface area contributed by atoms with Crippen LogP contribution in [0.1, 0.15) is 44.7 Å². The van der Waals surface area contributed by atoms with E-state index in [4.69, 9.17) is 0 Å². The molecule has 2 atom stereocenters. The summed E-state index contributed by atoms with van der Waals surface area (Å²) in [6.07, 6.45) is 3.29. The summed E-state index contributed by atoms with van der Waals surface area (Å²) >= 11 is 1.72. The van der Waals surface area contributed by atoms with Gasteiger partial charge in [0, 0.05) is 6.54 Å². The van der Waals surface area contributed by atoms with Crippen LogP contribution >= 0.6 is 36.2 Å². The number of amides is 1. The highest BCUT2D eigenvalue weighted by atomic mass is 35.5. The third-order valence-corrected chi connectivity index (χ3v) is 4.98. The lowest BCUT2D eigenvalue weighted by Gasteiger charge is -2.30. The Morgan fingerprint density at radius 3 is 2.65 bits per heavy atom. The fourth-order valence-corrected chi connectivity index (χ4v) is 3.69. The average molecular weight is 382 g/mol. The first-order valence-electron chi connectivity index (χ1n) is 8.03. The van der Waals surface area contributed by atoms with Gasteiger partial charge in [-0.25, -0.2) is 0 Å². The number of carbonyl (C=O) groups excluding carboxylic acids is 1. The van der Waals surface area contributed by atoms with E-state index in [-0.39, 0.29) is 42.8 Å². The predicted octanol–water partition coefficient (Wildman–Crippen LogP) is 3.23. The maximum Gasteiger partial charge on any atom is 0.237 e. The van der Waals surface area contributed by atoms with Gasteiger partial charge in [0.15, 0.2) is 0 Å². The average Bonchev–Trinajstić information content (AvgIpc) is 3.06. The third-order valence-electron chi connectivity index (χ3n) is 4.28. The van der Waals surface area contributed by atoms with Crippen molar-refractivity contribution >= 4 is 42.1 Å². The summed E-state index contributed by atoms with van der Waals surface area (Å²) < 4.78 is 0. The molecule has 2 heterocycles. The Hall–Kier alpha value is -0.330. The minimum absolute atomic E-state index is 0. The topological polar surface area (TPSA) is 44.4 Å². The maximum atomic E-state index is 12.3. The molecule has 1 saturated heterocycles. The van der Waals surface area contributed by atoms with Crippen LogP contribution in [-0.2, 0) is 4.79 Å². The van der Waals surface area contributed by atoms with Crippen LogP contribution < -0.4 is 10.6 Å². The molecule has 0 aliphatic carbocycles. The highest BCUT2D eigenvalue weighted by Crippen LogP contribution is 2.22. The van der Waals surface area contributed by atoms with Crippen LogP contribution in [0.5, 0.6) is 0 Å². The molecule has 134 valence electrons. The molecule has 4 nitrogen and oxygen atoms in total. The van der Waals surface area contributed by atoms with E-state index in [1.54, 1.807) is 11.3 Å². The fourth-order valence-electron chi connectivity index (χ4n) is 2.98. The van der Waals surface area contributed by atoms with Gasteiger partial charge in [-0.15, -0.1) is 24.8 Å². The van der Waals surface area contributed by atoms with Gasteiger partial charge in [-0.05, 0) is 54.9 Å². The van der Waals surface area contributed by atoms with Gasteiger partial charge < -0.3 is 10.6 Å². The Balaban J connectivity index is 0.00000242. The minimum atomic E-state index is -0.00132. The molecule has 7 heteroatoms. The van der Waals surface area contributed by atoms with Gasteiger partial charge in [-0.2, -0.15) is 11.3 Å². The second-order valence-corrected chi connectivity index (χ2v) is 6.32. The van der Waals surface area contributed by atoms with E-state index < -0.39 is 0 Å². The molecule has 0 bridgehead atoms. The Bertz CT molecular complexity index is 421. The Morgan fingerprint density at radius 2 is 2.13 bits per heavy atom. The predicted molar refractivity (Wildman–Crippen MR) is 103 cm³/mol. The molecule has 0 aromatic carbocycles. The van der Waals surface area contributed by atoms with Crippen LogP contribution in [0, 0.1) is 0 Å². The molecule has 1 fully saturated rings. The number of hydrogen-bond donors (Lipinski definition) is 2. The first-order chi connectivity index (χ1) is 10.3. The quantitative estimate of drug-likeness (QED) is 0.761. The van der Waals surface area contributed by atoms with Gasteiger partial charge in [0.25, 0.3) is 0 Å². The second kappa shape index (κ2) is 12.1. The molecule has 1 aromatic heterocycles. The van der Waals surface area contributed by atoms with Crippen molar-refractivity contribution in [3.8, 4) is 0 Å². The summed E-state index contributed by atoms with van der Waals surface area (Å²) in [5.41, 5.74) is 1.31. The number of likely N-dealkylation sites (N-methyl/N-ethyl adjacent to an activating group) is 1. The lowest BCUT2D eigenvalue weighted by molar-refractivity contribution is -0.123. The van der Waals surface area contributed by atoms with Crippen molar-refractivity contribution in [2.75, 3.05) is 26.2 Å². The third kappa shape index (κ3) is 6.59. The van der Waals surface area contributed by atoms with Crippen LogP contribution in [0.3, 0.4) is 0 Å². The monoisotopic (exact) mass is 381 g/mol. The number of rotatable bonds is 7. The van der Waals surface area contributed by atoms with E-state index >= 15 is 0 Å². The number of carbonyl (C=O) groups is 1. The van der Waals surface area contributed by atoms with Gasteiger partial charge in [0.2, 0.25) is 5.91 Å². The first-order valence-corrected chi connectivity index (χ1v) is 8.97. The van der Waals surface area contributed by atoms with Gasteiger partial charge in [-0.1, -0.05) is 20.3 Å². The van der Waals surface area contributed by atoms with Gasteiger partial charge in [0.05, 0.1) is 12.1 Å². The highest BCUT2D eigenvalue weighted by molar-refractivity contribution is 7.07. The number of nitrogens with zero attached hydrogens (tertiary/aromatic N) is 1. The molecular formula is C16H29Cl2N3OS. The summed E-state index contributed by atoms with van der Waals surface area (Å²) in [5.74, 6) is 0.155. The molecule has 0 spiro atoms. The molecule has 2 N–H and O–H groups in total. The minimum Gasteiger partial charge on any atom is -0.353 e. The first kappa shape index (κ1) is 22.7. The number of nitrogens with one attached hydrogen (secondary N) is 2. The smallest absolute Gasteiger partial charge is 0.237 e. The molecule has 23 heavy (non-hydrogen) atoms. The number of halogens is 2. The van der Waals surface area contributed by atoms with Crippen molar-refractivity contribution < 1.29 is 4.79 Å². The van der Waals surface area contributed by atoms with Crippen molar-refractivity contribution in [1.29, 1.82) is 0 Å². The molecule has 1 aromatic rings. The van der Waals surface area contributed by atoms with E-state index in [0.717, 1.165) is 32.5 Å². The SMILES string of the molecule is CCN(CC)C(CNC(=O)C1CCCCN1)c1ccsc1.Cl.Cl. The number of piperidine rings is 1. The molecular weight excluding hydrogens is 353 g/mol. The molecule has 2 unspecified atom stereocenters. The summed E-state index contributed by atoms with van der Waals surface area (Å²) in [6.45, 7) is 7.99. The molecule has 2 rings (SSSR count). The number of hydrogen-bond acceptors (Lipinski definition) is 4. The Kier molecular flexibility index (Phi) is 11.9. The van der Waals surface area contributed by atoms with Crippen LogP contribution in [0.15, 0.2) is 16.8 Å². The van der Waals surface area contributed by atoms with Crippen molar-refractivity contribution in [2.45, 2.75) is 45.2 Å². The van der Waals surface area contributed by atoms with Crippen LogP contribution in [0.4, 0.5) is 0 Å².